The molecule has 0 aromatic heterocycles. The maximum absolute atomic E-state index is 12.9. The summed E-state index contributed by atoms with van der Waals surface area (Å²) in [5.41, 5.74) is 0.939. The van der Waals surface area contributed by atoms with Gasteiger partial charge in [-0.2, -0.15) is 0 Å². The van der Waals surface area contributed by atoms with Crippen LogP contribution in [-0.4, -0.2) is 11.5 Å². The summed E-state index contributed by atoms with van der Waals surface area (Å²) in [5.74, 6) is 0. The van der Waals surface area contributed by atoms with E-state index in [-0.39, 0.29) is 0 Å². The summed E-state index contributed by atoms with van der Waals surface area (Å²) in [5, 5.41) is 1.04. The van der Waals surface area contributed by atoms with Crippen LogP contribution in [0.3, 0.4) is 0 Å². The SMILES string of the molecule is F[C@@H](CBr)Cc1cccc(Cl)c1. The highest BCUT2D eigenvalue weighted by Crippen LogP contribution is 2.13. The van der Waals surface area contributed by atoms with Gasteiger partial charge in [0.05, 0.1) is 0 Å². The van der Waals surface area contributed by atoms with Gasteiger partial charge in [0.15, 0.2) is 0 Å². The van der Waals surface area contributed by atoms with Crippen LogP contribution in [0.5, 0.6) is 0 Å². The van der Waals surface area contributed by atoms with E-state index in [9.17, 15) is 4.39 Å². The summed E-state index contributed by atoms with van der Waals surface area (Å²) in [6, 6.07) is 7.28. The van der Waals surface area contributed by atoms with Crippen molar-refractivity contribution in [1.82, 2.24) is 0 Å². The fraction of sp³-hybridized carbons (Fsp3) is 0.333. The first kappa shape index (κ1) is 10.0. The van der Waals surface area contributed by atoms with Gasteiger partial charge in [-0.05, 0) is 17.7 Å². The Bertz CT molecular complexity index is 252. The molecule has 0 saturated carbocycles. The van der Waals surface area contributed by atoms with Crippen LogP contribution in [0.25, 0.3) is 0 Å². The normalized spacial score (nSPS) is 12.9. The van der Waals surface area contributed by atoms with Gasteiger partial charge in [-0.15, -0.1) is 0 Å². The highest BCUT2D eigenvalue weighted by Gasteiger charge is 2.05. The third-order valence-corrected chi connectivity index (χ3v) is 2.45. The molecule has 12 heavy (non-hydrogen) atoms. The van der Waals surface area contributed by atoms with Crippen LogP contribution in [0.15, 0.2) is 24.3 Å². The molecular formula is C9H9BrClF. The Labute approximate surface area is 84.9 Å². The number of alkyl halides is 2. The van der Waals surface area contributed by atoms with Gasteiger partial charge < -0.3 is 0 Å². The first-order valence-electron chi connectivity index (χ1n) is 3.67. The van der Waals surface area contributed by atoms with Gasteiger partial charge in [0, 0.05) is 16.8 Å². The summed E-state index contributed by atoms with van der Waals surface area (Å²) in [4.78, 5) is 0. The molecule has 0 saturated heterocycles. The fourth-order valence-electron chi connectivity index (χ4n) is 0.974. The molecule has 3 heteroatoms. The quantitative estimate of drug-likeness (QED) is 0.720. The summed E-state index contributed by atoms with van der Waals surface area (Å²) in [7, 11) is 0. The van der Waals surface area contributed by atoms with Crippen molar-refractivity contribution >= 4 is 27.5 Å². The number of hydrogen-bond donors (Lipinski definition) is 0. The number of rotatable bonds is 3. The molecule has 0 aliphatic rings. The lowest BCUT2D eigenvalue weighted by Crippen LogP contribution is -2.05. The van der Waals surface area contributed by atoms with E-state index >= 15 is 0 Å². The maximum Gasteiger partial charge on any atom is 0.114 e. The predicted molar refractivity (Wildman–Crippen MR) is 53.8 cm³/mol. The van der Waals surface area contributed by atoms with Crippen molar-refractivity contribution in [2.24, 2.45) is 0 Å². The van der Waals surface area contributed by atoms with E-state index < -0.39 is 6.17 Å². The summed E-state index contributed by atoms with van der Waals surface area (Å²) >= 11 is 8.82. The Balaban J connectivity index is 2.63. The van der Waals surface area contributed by atoms with Crippen LogP contribution < -0.4 is 0 Å². The Morgan fingerprint density at radius 3 is 2.83 bits per heavy atom. The van der Waals surface area contributed by atoms with Gasteiger partial charge in [0.2, 0.25) is 0 Å². The molecule has 1 aromatic rings. The van der Waals surface area contributed by atoms with Gasteiger partial charge in [-0.1, -0.05) is 39.7 Å². The lowest BCUT2D eigenvalue weighted by molar-refractivity contribution is 0.368. The molecule has 0 aliphatic carbocycles. The minimum Gasteiger partial charge on any atom is -0.246 e. The molecule has 0 nitrogen and oxygen atoms in total. The standard InChI is InChI=1S/C9H9BrClF/c10-6-9(12)5-7-2-1-3-8(11)4-7/h1-4,9H,5-6H2/t9-/m1/s1. The second kappa shape index (κ2) is 4.83. The van der Waals surface area contributed by atoms with Crippen molar-refractivity contribution in [3.8, 4) is 0 Å². The van der Waals surface area contributed by atoms with Crippen molar-refractivity contribution in [1.29, 1.82) is 0 Å². The summed E-state index contributed by atoms with van der Waals surface area (Å²) in [6.45, 7) is 0. The topological polar surface area (TPSA) is 0 Å². The molecule has 0 bridgehead atoms. The molecular weight excluding hydrogens is 242 g/mol. The molecule has 66 valence electrons. The van der Waals surface area contributed by atoms with Crippen LogP contribution >= 0.6 is 27.5 Å². The zero-order valence-electron chi connectivity index (χ0n) is 6.43. The van der Waals surface area contributed by atoms with Gasteiger partial charge in [-0.25, -0.2) is 4.39 Å². The van der Waals surface area contributed by atoms with E-state index in [1.807, 2.05) is 12.1 Å². The molecule has 0 heterocycles. The number of benzene rings is 1. The molecule has 1 rings (SSSR count). The molecule has 0 unspecified atom stereocenters. The van der Waals surface area contributed by atoms with E-state index in [0.29, 0.717) is 16.8 Å². The van der Waals surface area contributed by atoms with E-state index in [1.165, 1.54) is 0 Å². The van der Waals surface area contributed by atoms with Gasteiger partial charge >= 0.3 is 0 Å². The van der Waals surface area contributed by atoms with Crippen molar-refractivity contribution in [3.05, 3.63) is 34.9 Å². The maximum atomic E-state index is 12.9. The summed E-state index contributed by atoms with van der Waals surface area (Å²) in [6.07, 6.45) is -0.408. The van der Waals surface area contributed by atoms with Gasteiger partial charge in [-0.3, -0.25) is 0 Å². The smallest absolute Gasteiger partial charge is 0.114 e. The zero-order chi connectivity index (χ0) is 8.97. The number of hydrogen-bond acceptors (Lipinski definition) is 0. The molecule has 0 fully saturated rings. The Morgan fingerprint density at radius 2 is 2.25 bits per heavy atom. The largest absolute Gasteiger partial charge is 0.246 e. The second-order valence-electron chi connectivity index (χ2n) is 2.59. The fourth-order valence-corrected chi connectivity index (χ4v) is 1.42. The number of halogens is 3. The van der Waals surface area contributed by atoms with Crippen molar-refractivity contribution in [3.63, 3.8) is 0 Å². The Morgan fingerprint density at radius 1 is 1.50 bits per heavy atom. The van der Waals surface area contributed by atoms with Crippen LogP contribution in [-0.2, 0) is 6.42 Å². The third kappa shape index (κ3) is 3.11. The van der Waals surface area contributed by atoms with Crippen molar-refractivity contribution in [2.75, 3.05) is 5.33 Å². The van der Waals surface area contributed by atoms with E-state index in [4.69, 9.17) is 11.6 Å². The molecule has 1 aromatic carbocycles. The average molecular weight is 252 g/mol. The van der Waals surface area contributed by atoms with Gasteiger partial charge in [0.25, 0.3) is 0 Å². The molecule has 1 atom stereocenters. The first-order chi connectivity index (χ1) is 5.72. The van der Waals surface area contributed by atoms with Crippen molar-refractivity contribution in [2.45, 2.75) is 12.6 Å². The van der Waals surface area contributed by atoms with E-state index in [0.717, 1.165) is 5.56 Å². The third-order valence-electron chi connectivity index (χ3n) is 1.51. The molecule has 0 N–H and O–H groups in total. The average Bonchev–Trinajstić information content (AvgIpc) is 2.04. The Kier molecular flexibility index (Phi) is 4.02. The predicted octanol–water partition coefficient (Wildman–Crippen LogP) is 3.62. The highest BCUT2D eigenvalue weighted by molar-refractivity contribution is 9.09. The molecule has 0 amide bonds. The lowest BCUT2D eigenvalue weighted by Gasteiger charge is -2.03. The molecule has 0 spiro atoms. The van der Waals surface area contributed by atoms with E-state index in [2.05, 4.69) is 15.9 Å². The van der Waals surface area contributed by atoms with Crippen LogP contribution in [0, 0.1) is 0 Å². The zero-order valence-corrected chi connectivity index (χ0v) is 8.78. The lowest BCUT2D eigenvalue weighted by atomic mass is 10.1. The van der Waals surface area contributed by atoms with E-state index in [1.54, 1.807) is 12.1 Å². The Hall–Kier alpha value is -0.0800. The van der Waals surface area contributed by atoms with Gasteiger partial charge in [0.1, 0.15) is 6.17 Å². The molecule has 0 aliphatic heterocycles. The van der Waals surface area contributed by atoms with Crippen LogP contribution in [0.1, 0.15) is 5.56 Å². The monoisotopic (exact) mass is 250 g/mol. The first-order valence-corrected chi connectivity index (χ1v) is 5.17. The second-order valence-corrected chi connectivity index (χ2v) is 3.67. The summed E-state index contributed by atoms with van der Waals surface area (Å²) < 4.78 is 12.9. The van der Waals surface area contributed by atoms with Crippen LogP contribution in [0.4, 0.5) is 4.39 Å². The van der Waals surface area contributed by atoms with Crippen molar-refractivity contribution < 1.29 is 4.39 Å². The highest BCUT2D eigenvalue weighted by atomic mass is 79.9. The minimum atomic E-state index is -0.830. The minimum absolute atomic E-state index is 0.375. The molecule has 0 radical (unpaired) electrons. The van der Waals surface area contributed by atoms with Crippen LogP contribution in [0.2, 0.25) is 5.02 Å².